The van der Waals surface area contributed by atoms with Crippen molar-refractivity contribution in [3.05, 3.63) is 64.2 Å². The number of para-hydroxylation sites is 1. The molecule has 2 aromatic carbocycles. The van der Waals surface area contributed by atoms with Crippen LogP contribution < -0.4 is 20.4 Å². The topological polar surface area (TPSA) is 140 Å². The molecule has 0 bridgehead atoms. The molecule has 1 aliphatic heterocycles. The van der Waals surface area contributed by atoms with Gasteiger partial charge in [0.2, 0.25) is 17.8 Å². The van der Waals surface area contributed by atoms with E-state index in [0.29, 0.717) is 49.5 Å². The summed E-state index contributed by atoms with van der Waals surface area (Å²) in [6, 6.07) is 13.8. The summed E-state index contributed by atoms with van der Waals surface area (Å²) in [6.07, 6.45) is 1.41. The lowest BCUT2D eigenvalue weighted by Gasteiger charge is -2.27. The highest BCUT2D eigenvalue weighted by Crippen LogP contribution is 2.23. The van der Waals surface area contributed by atoms with Gasteiger partial charge < -0.3 is 19.7 Å². The molecule has 12 nitrogen and oxygen atoms in total. The molecule has 0 saturated carbocycles. The number of nitro benzene ring substituents is 1. The first kappa shape index (κ1) is 21.9. The van der Waals surface area contributed by atoms with Gasteiger partial charge in [-0.05, 0) is 18.2 Å². The normalized spacial score (nSPS) is 13.7. The Morgan fingerprint density at radius 1 is 1.12 bits per heavy atom. The number of benzene rings is 2. The van der Waals surface area contributed by atoms with Gasteiger partial charge in [-0.15, -0.1) is 0 Å². The van der Waals surface area contributed by atoms with Gasteiger partial charge >= 0.3 is 0 Å². The standard InChI is InChI=1S/C21H22N8O4/c1-32-18-8-7-17(29(30)31)13-15(18)14-22-27-20-24-19(23-16-5-3-2-4-6-16)25-21(26-20)28-9-11-33-12-10-28/h2-8,13-14H,9-12H2,1H3,(H2,23,24,25,26,27)/b22-14-. The van der Waals surface area contributed by atoms with E-state index < -0.39 is 4.92 Å². The number of rotatable bonds is 8. The Morgan fingerprint density at radius 3 is 2.61 bits per heavy atom. The van der Waals surface area contributed by atoms with Crippen LogP contribution in [0.25, 0.3) is 0 Å². The number of nitro groups is 1. The summed E-state index contributed by atoms with van der Waals surface area (Å²) in [4.78, 5) is 26.0. The van der Waals surface area contributed by atoms with Crippen LogP contribution >= 0.6 is 0 Å². The smallest absolute Gasteiger partial charge is 0.270 e. The summed E-state index contributed by atoms with van der Waals surface area (Å²) in [5.74, 6) is 1.49. The van der Waals surface area contributed by atoms with E-state index in [0.717, 1.165) is 5.69 Å². The molecule has 2 heterocycles. The van der Waals surface area contributed by atoms with Gasteiger partial charge in [-0.25, -0.2) is 5.43 Å². The van der Waals surface area contributed by atoms with Crippen molar-refractivity contribution in [2.24, 2.45) is 5.10 Å². The summed E-state index contributed by atoms with van der Waals surface area (Å²) in [5, 5.41) is 18.4. The molecule has 2 N–H and O–H groups in total. The average Bonchev–Trinajstić information content (AvgIpc) is 2.85. The van der Waals surface area contributed by atoms with Crippen molar-refractivity contribution in [3.8, 4) is 5.75 Å². The predicted molar refractivity (Wildman–Crippen MR) is 123 cm³/mol. The number of nitrogens with one attached hydrogen (secondary N) is 2. The van der Waals surface area contributed by atoms with Gasteiger partial charge in [-0.1, -0.05) is 18.2 Å². The van der Waals surface area contributed by atoms with Gasteiger partial charge in [0.1, 0.15) is 5.75 Å². The van der Waals surface area contributed by atoms with Gasteiger partial charge in [0.05, 0.1) is 31.5 Å². The highest BCUT2D eigenvalue weighted by Gasteiger charge is 2.17. The molecule has 3 aromatic rings. The van der Waals surface area contributed by atoms with E-state index in [1.807, 2.05) is 35.2 Å². The van der Waals surface area contributed by atoms with Gasteiger partial charge in [-0.2, -0.15) is 20.1 Å². The van der Waals surface area contributed by atoms with Crippen molar-refractivity contribution in [3.63, 3.8) is 0 Å². The Bertz CT molecular complexity index is 1140. The summed E-state index contributed by atoms with van der Waals surface area (Å²) >= 11 is 0. The second-order valence-electron chi connectivity index (χ2n) is 6.93. The van der Waals surface area contributed by atoms with Gasteiger partial charge in [0.15, 0.2) is 0 Å². The fourth-order valence-electron chi connectivity index (χ4n) is 3.12. The van der Waals surface area contributed by atoms with E-state index in [2.05, 4.69) is 30.8 Å². The number of non-ortho nitro benzene ring substituents is 1. The first-order valence-corrected chi connectivity index (χ1v) is 10.1. The molecule has 1 aliphatic rings. The monoisotopic (exact) mass is 450 g/mol. The number of anilines is 4. The Labute approximate surface area is 189 Å². The van der Waals surface area contributed by atoms with Crippen LogP contribution in [0.15, 0.2) is 53.6 Å². The van der Waals surface area contributed by atoms with Crippen molar-refractivity contribution in [1.82, 2.24) is 15.0 Å². The van der Waals surface area contributed by atoms with Crippen LogP contribution in [0, 0.1) is 10.1 Å². The summed E-state index contributed by atoms with van der Waals surface area (Å²) in [5.41, 5.74) is 3.98. The molecule has 4 rings (SSSR count). The first-order chi connectivity index (χ1) is 16.1. The summed E-state index contributed by atoms with van der Waals surface area (Å²) in [6.45, 7) is 2.48. The molecular formula is C21H22N8O4. The van der Waals surface area contributed by atoms with E-state index in [9.17, 15) is 10.1 Å². The number of hydrogen-bond donors (Lipinski definition) is 2. The van der Waals surface area contributed by atoms with E-state index in [-0.39, 0.29) is 11.6 Å². The second-order valence-corrected chi connectivity index (χ2v) is 6.93. The van der Waals surface area contributed by atoms with Crippen LogP contribution in [0.1, 0.15) is 5.56 Å². The lowest BCUT2D eigenvalue weighted by atomic mass is 10.2. The van der Waals surface area contributed by atoms with Crippen LogP contribution in [0.2, 0.25) is 0 Å². The summed E-state index contributed by atoms with van der Waals surface area (Å²) < 4.78 is 10.7. The highest BCUT2D eigenvalue weighted by atomic mass is 16.6. The minimum atomic E-state index is -0.480. The number of ether oxygens (including phenoxy) is 2. The highest BCUT2D eigenvalue weighted by molar-refractivity contribution is 5.85. The van der Waals surface area contributed by atoms with Crippen molar-refractivity contribution < 1.29 is 14.4 Å². The van der Waals surface area contributed by atoms with Crippen molar-refractivity contribution in [1.29, 1.82) is 0 Å². The molecule has 33 heavy (non-hydrogen) atoms. The third-order valence-electron chi connectivity index (χ3n) is 4.74. The maximum atomic E-state index is 11.1. The van der Waals surface area contributed by atoms with Crippen LogP contribution in [-0.2, 0) is 4.74 Å². The maximum absolute atomic E-state index is 11.1. The van der Waals surface area contributed by atoms with E-state index in [1.54, 1.807) is 0 Å². The van der Waals surface area contributed by atoms with Crippen molar-refractivity contribution in [2.75, 3.05) is 49.1 Å². The van der Waals surface area contributed by atoms with Crippen LogP contribution in [-0.4, -0.2) is 59.5 Å². The van der Waals surface area contributed by atoms with Crippen LogP contribution in [0.5, 0.6) is 5.75 Å². The fraction of sp³-hybridized carbons (Fsp3) is 0.238. The zero-order valence-corrected chi connectivity index (χ0v) is 17.8. The molecule has 0 spiro atoms. The Hall–Kier alpha value is -4.32. The molecule has 0 aliphatic carbocycles. The van der Waals surface area contributed by atoms with Gasteiger partial charge in [0.25, 0.3) is 5.69 Å². The molecule has 170 valence electrons. The molecule has 0 atom stereocenters. The lowest BCUT2D eigenvalue weighted by Crippen LogP contribution is -2.37. The average molecular weight is 450 g/mol. The van der Waals surface area contributed by atoms with Crippen LogP contribution in [0.4, 0.5) is 29.2 Å². The van der Waals surface area contributed by atoms with Gasteiger partial charge in [-0.3, -0.25) is 10.1 Å². The Kier molecular flexibility index (Phi) is 6.85. The minimum Gasteiger partial charge on any atom is -0.496 e. The minimum absolute atomic E-state index is 0.0682. The molecule has 12 heteroatoms. The number of morpholine rings is 1. The van der Waals surface area contributed by atoms with Gasteiger partial charge in [0, 0.05) is 36.5 Å². The predicted octanol–water partition coefficient (Wildman–Crippen LogP) is 2.81. The van der Waals surface area contributed by atoms with E-state index in [1.165, 1.54) is 31.5 Å². The lowest BCUT2D eigenvalue weighted by molar-refractivity contribution is -0.384. The molecule has 0 radical (unpaired) electrons. The number of hydrazone groups is 1. The van der Waals surface area contributed by atoms with E-state index >= 15 is 0 Å². The first-order valence-electron chi connectivity index (χ1n) is 10.1. The number of hydrogen-bond acceptors (Lipinski definition) is 11. The Morgan fingerprint density at radius 2 is 1.88 bits per heavy atom. The number of methoxy groups -OCH3 is 1. The number of nitrogens with zero attached hydrogens (tertiary/aromatic N) is 6. The third kappa shape index (κ3) is 5.68. The van der Waals surface area contributed by atoms with Crippen LogP contribution in [0.3, 0.4) is 0 Å². The molecule has 0 amide bonds. The molecule has 1 aromatic heterocycles. The van der Waals surface area contributed by atoms with E-state index in [4.69, 9.17) is 9.47 Å². The third-order valence-corrected chi connectivity index (χ3v) is 4.74. The zero-order valence-electron chi connectivity index (χ0n) is 17.8. The second kappa shape index (κ2) is 10.3. The molecule has 1 fully saturated rings. The molecule has 0 unspecified atom stereocenters. The van der Waals surface area contributed by atoms with Crippen molar-refractivity contribution >= 4 is 35.4 Å². The zero-order chi connectivity index (χ0) is 23.0. The largest absolute Gasteiger partial charge is 0.496 e. The number of aromatic nitrogens is 3. The van der Waals surface area contributed by atoms with Crippen molar-refractivity contribution in [2.45, 2.75) is 0 Å². The summed E-state index contributed by atoms with van der Waals surface area (Å²) in [7, 11) is 1.48. The SMILES string of the molecule is COc1ccc([N+](=O)[O-])cc1/C=N\Nc1nc(Nc2ccccc2)nc(N2CCOCC2)n1. The maximum Gasteiger partial charge on any atom is 0.270 e. The quantitative estimate of drug-likeness (QED) is 0.299. The molecule has 1 saturated heterocycles. The molecular weight excluding hydrogens is 428 g/mol. The fourth-order valence-corrected chi connectivity index (χ4v) is 3.12. The Balaban J connectivity index is 1.59.